The minimum Gasteiger partial charge on any atom is -0.394 e. The topological polar surface area (TPSA) is 179 Å². The zero-order valence-electron chi connectivity index (χ0n) is 22.7. The summed E-state index contributed by atoms with van der Waals surface area (Å²) in [6, 6.07) is 0. The zero-order valence-corrected chi connectivity index (χ0v) is 22.7. The number of aliphatic hydroxyl groups excluding tert-OH is 7. The third-order valence-corrected chi connectivity index (χ3v) is 9.62. The molecule has 4 aliphatic rings. The molecule has 0 aromatic rings. The first-order valence-electron chi connectivity index (χ1n) is 13.7. The molecule has 11 heteroatoms. The van der Waals surface area contributed by atoms with Crippen LogP contribution in [0.4, 0.5) is 0 Å². The smallest absolute Gasteiger partial charge is 0.187 e. The van der Waals surface area contributed by atoms with Crippen LogP contribution in [-0.2, 0) is 18.9 Å². The maximum atomic E-state index is 10.5. The zero-order chi connectivity index (χ0) is 28.2. The predicted molar refractivity (Wildman–Crippen MR) is 133 cm³/mol. The lowest BCUT2D eigenvalue weighted by Gasteiger charge is -2.54. The van der Waals surface area contributed by atoms with Crippen molar-refractivity contribution in [1.29, 1.82) is 0 Å². The first kappa shape index (κ1) is 30.3. The van der Waals surface area contributed by atoms with Crippen LogP contribution in [0.5, 0.6) is 0 Å². The lowest BCUT2D eigenvalue weighted by Crippen LogP contribution is -2.60. The van der Waals surface area contributed by atoms with Crippen molar-refractivity contribution in [3.05, 3.63) is 12.2 Å². The molecule has 14 atom stereocenters. The summed E-state index contributed by atoms with van der Waals surface area (Å²) < 4.78 is 23.6. The monoisotopic (exact) mass is 546 g/mol. The Labute approximate surface area is 224 Å². The van der Waals surface area contributed by atoms with Crippen LogP contribution in [0.2, 0.25) is 0 Å². The highest BCUT2D eigenvalue weighted by Gasteiger charge is 2.52. The van der Waals surface area contributed by atoms with E-state index in [4.69, 9.17) is 18.9 Å². The highest BCUT2D eigenvalue weighted by Crippen LogP contribution is 2.56. The number of fused-ring (bicyclic) bond motifs is 1. The largest absolute Gasteiger partial charge is 0.394 e. The molecule has 38 heavy (non-hydrogen) atoms. The van der Waals surface area contributed by atoms with Crippen LogP contribution in [0.25, 0.3) is 0 Å². The maximum Gasteiger partial charge on any atom is 0.187 e. The van der Waals surface area contributed by atoms with Gasteiger partial charge in [0.05, 0.1) is 24.4 Å². The van der Waals surface area contributed by atoms with Crippen LogP contribution in [-0.4, -0.2) is 115 Å². The van der Waals surface area contributed by atoms with Gasteiger partial charge in [0.15, 0.2) is 12.6 Å². The van der Waals surface area contributed by atoms with Gasteiger partial charge in [-0.2, -0.15) is 0 Å². The van der Waals surface area contributed by atoms with Crippen LogP contribution < -0.4 is 0 Å². The van der Waals surface area contributed by atoms with Gasteiger partial charge in [0.1, 0.15) is 42.7 Å². The molecule has 4 rings (SSSR count). The Bertz CT molecular complexity index is 836. The highest BCUT2D eigenvalue weighted by molar-refractivity contribution is 5.18. The molecule has 2 heterocycles. The van der Waals surface area contributed by atoms with E-state index >= 15 is 0 Å². The lowest BCUT2D eigenvalue weighted by molar-refractivity contribution is -0.324. The quantitative estimate of drug-likeness (QED) is 0.170. The summed E-state index contributed by atoms with van der Waals surface area (Å²) in [5, 5.41) is 70.9. The predicted octanol–water partition coefficient (Wildman–Crippen LogP) is -0.433. The Balaban J connectivity index is 1.44. The van der Waals surface area contributed by atoms with Crippen molar-refractivity contribution in [2.24, 2.45) is 17.3 Å². The van der Waals surface area contributed by atoms with Crippen molar-refractivity contribution in [2.45, 2.75) is 133 Å². The van der Waals surface area contributed by atoms with Crippen molar-refractivity contribution in [1.82, 2.24) is 0 Å². The summed E-state index contributed by atoms with van der Waals surface area (Å²) in [6.45, 7) is 11.6. The third-order valence-electron chi connectivity index (χ3n) is 9.62. The van der Waals surface area contributed by atoms with Gasteiger partial charge in [-0.25, -0.2) is 0 Å². The summed E-state index contributed by atoms with van der Waals surface area (Å²) >= 11 is 0. The van der Waals surface area contributed by atoms with Crippen molar-refractivity contribution in [3.8, 4) is 0 Å². The van der Waals surface area contributed by atoms with Gasteiger partial charge in [0.25, 0.3) is 0 Å². The summed E-state index contributed by atoms with van der Waals surface area (Å²) in [7, 11) is 0. The molecular weight excluding hydrogens is 500 g/mol. The van der Waals surface area contributed by atoms with E-state index in [-0.39, 0.29) is 17.3 Å². The second-order valence-electron chi connectivity index (χ2n) is 12.5. The molecule has 0 bridgehead atoms. The van der Waals surface area contributed by atoms with Crippen LogP contribution in [0.15, 0.2) is 12.2 Å². The molecule has 2 aliphatic carbocycles. The van der Waals surface area contributed by atoms with Crippen LogP contribution in [0.1, 0.15) is 59.8 Å². The van der Waals surface area contributed by atoms with Crippen LogP contribution in [0, 0.1) is 17.3 Å². The number of ether oxygens (including phenoxy) is 4. The lowest BCUT2D eigenvalue weighted by atomic mass is 9.54. The first-order valence-corrected chi connectivity index (χ1v) is 13.7. The first-order chi connectivity index (χ1) is 17.7. The maximum absolute atomic E-state index is 10.5. The minimum absolute atomic E-state index is 0.00538. The SMILES string of the molecule is C=C1C2C[C@H](C(C)(C)O[C@@H]3O[C@H](C)[C@H](O)[C@H](O)[C@H]3O)CC[C@@]2(C)CC[C@@H]1O[C@@H]1O[C@H](CO)[C@@H](O)[C@H](O)[C@H]1O. The van der Waals surface area contributed by atoms with E-state index < -0.39 is 79.7 Å². The minimum atomic E-state index is -1.51. The summed E-state index contributed by atoms with van der Waals surface area (Å²) in [6.07, 6.45) is -8.80. The molecule has 1 unspecified atom stereocenters. The summed E-state index contributed by atoms with van der Waals surface area (Å²) in [5.74, 6) is 0.134. The number of rotatable bonds is 6. The van der Waals surface area contributed by atoms with E-state index in [1.165, 1.54) is 0 Å². The third kappa shape index (κ3) is 5.58. The molecule has 2 saturated carbocycles. The van der Waals surface area contributed by atoms with Crippen molar-refractivity contribution >= 4 is 0 Å². The molecule has 0 radical (unpaired) electrons. The van der Waals surface area contributed by atoms with E-state index in [1.54, 1.807) is 6.92 Å². The van der Waals surface area contributed by atoms with Crippen molar-refractivity contribution in [2.75, 3.05) is 6.61 Å². The van der Waals surface area contributed by atoms with E-state index in [9.17, 15) is 35.7 Å². The molecule has 2 saturated heterocycles. The second kappa shape index (κ2) is 11.3. The Morgan fingerprint density at radius 1 is 0.895 bits per heavy atom. The van der Waals surface area contributed by atoms with Crippen molar-refractivity contribution < 1.29 is 54.7 Å². The average Bonchev–Trinajstić information content (AvgIpc) is 2.87. The Morgan fingerprint density at radius 3 is 2.16 bits per heavy atom. The van der Waals surface area contributed by atoms with Gasteiger partial charge in [-0.3, -0.25) is 0 Å². The highest BCUT2D eigenvalue weighted by atomic mass is 16.7. The van der Waals surface area contributed by atoms with Gasteiger partial charge in [-0.15, -0.1) is 0 Å². The Morgan fingerprint density at radius 2 is 1.50 bits per heavy atom. The number of hydrogen-bond donors (Lipinski definition) is 7. The molecule has 7 N–H and O–H groups in total. The molecule has 0 aromatic carbocycles. The fraction of sp³-hybridized carbons (Fsp3) is 0.926. The van der Waals surface area contributed by atoms with E-state index in [0.717, 1.165) is 31.3 Å². The van der Waals surface area contributed by atoms with Gasteiger partial charge in [0, 0.05) is 0 Å². The molecule has 2 aliphatic heterocycles. The van der Waals surface area contributed by atoms with Crippen LogP contribution in [0.3, 0.4) is 0 Å². The average molecular weight is 547 g/mol. The van der Waals surface area contributed by atoms with Crippen LogP contribution >= 0.6 is 0 Å². The van der Waals surface area contributed by atoms with E-state index in [0.29, 0.717) is 6.42 Å². The molecule has 0 amide bonds. The van der Waals surface area contributed by atoms with Gasteiger partial charge < -0.3 is 54.7 Å². The number of aliphatic hydroxyl groups is 7. The molecule has 11 nitrogen and oxygen atoms in total. The molecule has 4 fully saturated rings. The normalized spacial score (nSPS) is 50.5. The summed E-state index contributed by atoms with van der Waals surface area (Å²) in [5.41, 5.74) is 0.131. The molecule has 220 valence electrons. The number of hydrogen-bond acceptors (Lipinski definition) is 11. The Hall–Kier alpha value is -0.700. The van der Waals surface area contributed by atoms with Gasteiger partial charge in [0.2, 0.25) is 0 Å². The van der Waals surface area contributed by atoms with E-state index in [1.807, 2.05) is 13.8 Å². The van der Waals surface area contributed by atoms with E-state index in [2.05, 4.69) is 13.5 Å². The molecule has 0 spiro atoms. The fourth-order valence-corrected chi connectivity index (χ4v) is 6.77. The molecule has 0 aromatic heterocycles. The molecular formula is C27H46O11. The second-order valence-corrected chi connectivity index (χ2v) is 12.5. The van der Waals surface area contributed by atoms with Gasteiger partial charge in [-0.1, -0.05) is 13.5 Å². The fourth-order valence-electron chi connectivity index (χ4n) is 6.77. The Kier molecular flexibility index (Phi) is 8.99. The van der Waals surface area contributed by atoms with Crippen molar-refractivity contribution in [3.63, 3.8) is 0 Å². The van der Waals surface area contributed by atoms with Gasteiger partial charge >= 0.3 is 0 Å². The summed E-state index contributed by atoms with van der Waals surface area (Å²) in [4.78, 5) is 0. The standard InChI is InChI=1S/C27H46O11/c1-12-15-10-14(26(3,4)38-25-23(34)20(31)18(29)13(2)35-25)6-8-27(15,5)9-7-16(12)36-24-22(33)21(32)19(30)17(11-28)37-24/h13-25,28-34H,1,6-11H2,2-5H3/t13-,14-,15?,16+,17-,18+,19-,20+,21+,22-,23-,24-,25+,27+/m1/s1. The van der Waals surface area contributed by atoms with Gasteiger partial charge in [-0.05, 0) is 75.7 Å².